The highest BCUT2D eigenvalue weighted by atomic mass is 19.1. The van der Waals surface area contributed by atoms with Crippen LogP contribution in [0.2, 0.25) is 0 Å². The second-order valence-electron chi connectivity index (χ2n) is 9.45. The molecule has 8 heteroatoms. The molecule has 35 heavy (non-hydrogen) atoms. The standard InChI is InChI=1S/C27H31FN4O3/c28-24-8-7-19(18-25-21-5-1-2-6-22(21)26(33)30-29-25)17-23(24)27(34)32-13-9-20(10-14-32)35-16-15-31-11-3-4-12-31/h1-2,5-8,17,20H,3-4,9-16,18H2,(H,30,33). The summed E-state index contributed by atoms with van der Waals surface area (Å²) in [7, 11) is 0. The number of ether oxygens (including phenoxy) is 1. The number of rotatable bonds is 7. The molecule has 0 atom stereocenters. The van der Waals surface area contributed by atoms with Gasteiger partial charge in [-0.05, 0) is 62.5 Å². The van der Waals surface area contributed by atoms with Gasteiger partial charge in [-0.3, -0.25) is 9.59 Å². The van der Waals surface area contributed by atoms with Gasteiger partial charge in [0.1, 0.15) is 5.82 Å². The number of nitrogens with zero attached hydrogens (tertiary/aromatic N) is 3. The highest BCUT2D eigenvalue weighted by Gasteiger charge is 2.26. The summed E-state index contributed by atoms with van der Waals surface area (Å²) < 4.78 is 20.7. The van der Waals surface area contributed by atoms with Crippen molar-refractivity contribution in [2.75, 3.05) is 39.3 Å². The molecule has 0 aliphatic carbocycles. The highest BCUT2D eigenvalue weighted by molar-refractivity contribution is 5.95. The van der Waals surface area contributed by atoms with Gasteiger partial charge in [-0.15, -0.1) is 0 Å². The van der Waals surface area contributed by atoms with E-state index in [0.717, 1.165) is 50.0 Å². The van der Waals surface area contributed by atoms with Gasteiger partial charge in [0, 0.05) is 31.4 Å². The summed E-state index contributed by atoms with van der Waals surface area (Å²) in [5, 5.41) is 8.04. The molecule has 2 aliphatic rings. The lowest BCUT2D eigenvalue weighted by atomic mass is 10.0. The average molecular weight is 479 g/mol. The Morgan fingerprint density at radius 3 is 2.57 bits per heavy atom. The molecule has 184 valence electrons. The number of benzene rings is 2. The van der Waals surface area contributed by atoms with Crippen LogP contribution in [0.3, 0.4) is 0 Å². The van der Waals surface area contributed by atoms with E-state index in [9.17, 15) is 14.0 Å². The molecule has 2 aromatic carbocycles. The van der Waals surface area contributed by atoms with Crippen LogP contribution < -0.4 is 5.56 Å². The van der Waals surface area contributed by atoms with E-state index in [1.807, 2.05) is 12.1 Å². The monoisotopic (exact) mass is 478 g/mol. The van der Waals surface area contributed by atoms with Crippen molar-refractivity contribution in [1.82, 2.24) is 20.0 Å². The first-order chi connectivity index (χ1) is 17.1. The Hall–Kier alpha value is -3.10. The van der Waals surface area contributed by atoms with Crippen LogP contribution in [-0.4, -0.2) is 71.3 Å². The number of amides is 1. The molecule has 1 N–H and O–H groups in total. The summed E-state index contributed by atoms with van der Waals surface area (Å²) >= 11 is 0. The molecule has 5 rings (SSSR count). The molecule has 1 amide bonds. The summed E-state index contributed by atoms with van der Waals surface area (Å²) in [4.78, 5) is 29.4. The predicted octanol–water partition coefficient (Wildman–Crippen LogP) is 3.37. The van der Waals surface area contributed by atoms with Crippen molar-refractivity contribution in [3.8, 4) is 0 Å². The molecule has 0 spiro atoms. The first-order valence-corrected chi connectivity index (χ1v) is 12.5. The van der Waals surface area contributed by atoms with Crippen LogP contribution in [0, 0.1) is 5.82 Å². The molecule has 0 unspecified atom stereocenters. The second kappa shape index (κ2) is 10.7. The molecular weight excluding hydrogens is 447 g/mol. The Balaban J connectivity index is 1.22. The third-order valence-corrected chi connectivity index (χ3v) is 7.10. The summed E-state index contributed by atoms with van der Waals surface area (Å²) in [5.74, 6) is -0.818. The van der Waals surface area contributed by atoms with E-state index < -0.39 is 5.82 Å². The topological polar surface area (TPSA) is 78.5 Å². The molecular formula is C27H31FN4O3. The molecule has 3 aromatic rings. The van der Waals surface area contributed by atoms with Gasteiger partial charge in [-0.1, -0.05) is 24.3 Å². The van der Waals surface area contributed by atoms with E-state index in [4.69, 9.17) is 4.74 Å². The molecule has 2 saturated heterocycles. The first kappa shape index (κ1) is 23.6. The minimum absolute atomic E-state index is 0.0737. The van der Waals surface area contributed by atoms with Crippen LogP contribution in [0.1, 0.15) is 47.3 Å². The second-order valence-corrected chi connectivity index (χ2v) is 9.45. The first-order valence-electron chi connectivity index (χ1n) is 12.5. The normalized spacial score (nSPS) is 17.3. The molecule has 2 fully saturated rings. The minimum atomic E-state index is -0.526. The summed E-state index contributed by atoms with van der Waals surface area (Å²) in [6.07, 6.45) is 4.61. The number of hydrogen-bond acceptors (Lipinski definition) is 5. The number of H-pyrrole nitrogens is 1. The number of piperidine rings is 1. The zero-order valence-electron chi connectivity index (χ0n) is 19.8. The van der Waals surface area contributed by atoms with Crippen LogP contribution in [0.25, 0.3) is 10.8 Å². The number of likely N-dealkylation sites (tertiary alicyclic amines) is 2. The molecule has 2 aliphatic heterocycles. The summed E-state index contributed by atoms with van der Waals surface area (Å²) in [6.45, 7) is 5.14. The molecule has 7 nitrogen and oxygen atoms in total. The zero-order valence-corrected chi connectivity index (χ0v) is 19.8. The van der Waals surface area contributed by atoms with Gasteiger partial charge in [0.05, 0.1) is 29.4 Å². The number of nitrogens with one attached hydrogen (secondary N) is 1. The lowest BCUT2D eigenvalue weighted by Crippen LogP contribution is -2.41. The number of halogens is 1. The maximum atomic E-state index is 14.7. The van der Waals surface area contributed by atoms with Crippen LogP contribution in [-0.2, 0) is 11.2 Å². The number of aromatic nitrogens is 2. The minimum Gasteiger partial charge on any atom is -0.377 e. The Labute approximate surface area is 203 Å². The van der Waals surface area contributed by atoms with Crippen molar-refractivity contribution < 1.29 is 13.9 Å². The molecule has 0 bridgehead atoms. The van der Waals surface area contributed by atoms with Crippen molar-refractivity contribution >= 4 is 16.7 Å². The van der Waals surface area contributed by atoms with E-state index in [1.165, 1.54) is 18.9 Å². The van der Waals surface area contributed by atoms with Gasteiger partial charge in [-0.25, -0.2) is 9.49 Å². The summed E-state index contributed by atoms with van der Waals surface area (Å²) in [5.41, 5.74) is 1.27. The van der Waals surface area contributed by atoms with Crippen molar-refractivity contribution in [2.24, 2.45) is 0 Å². The lowest BCUT2D eigenvalue weighted by molar-refractivity contribution is 0.00199. The maximum absolute atomic E-state index is 14.7. The Morgan fingerprint density at radius 2 is 1.80 bits per heavy atom. The third kappa shape index (κ3) is 5.44. The van der Waals surface area contributed by atoms with Gasteiger partial charge in [-0.2, -0.15) is 5.10 Å². The highest BCUT2D eigenvalue weighted by Crippen LogP contribution is 2.22. The largest absolute Gasteiger partial charge is 0.377 e. The number of fused-ring (bicyclic) bond motifs is 1. The van der Waals surface area contributed by atoms with E-state index in [0.29, 0.717) is 30.6 Å². The van der Waals surface area contributed by atoms with Crippen LogP contribution >= 0.6 is 0 Å². The Kier molecular flexibility index (Phi) is 7.20. The number of aromatic amines is 1. The molecule has 3 heterocycles. The smallest absolute Gasteiger partial charge is 0.272 e. The van der Waals surface area contributed by atoms with Crippen molar-refractivity contribution in [2.45, 2.75) is 38.2 Å². The van der Waals surface area contributed by atoms with E-state index >= 15 is 0 Å². The quantitative estimate of drug-likeness (QED) is 0.563. The van der Waals surface area contributed by atoms with E-state index in [1.54, 1.807) is 29.2 Å². The van der Waals surface area contributed by atoms with Crippen molar-refractivity contribution in [3.05, 3.63) is 75.5 Å². The molecule has 0 saturated carbocycles. The van der Waals surface area contributed by atoms with Gasteiger partial charge in [0.15, 0.2) is 0 Å². The Bertz CT molecular complexity index is 1250. The van der Waals surface area contributed by atoms with E-state index in [2.05, 4.69) is 15.1 Å². The maximum Gasteiger partial charge on any atom is 0.272 e. The van der Waals surface area contributed by atoms with Gasteiger partial charge < -0.3 is 14.5 Å². The van der Waals surface area contributed by atoms with Crippen LogP contribution in [0.4, 0.5) is 4.39 Å². The zero-order chi connectivity index (χ0) is 24.2. The van der Waals surface area contributed by atoms with Crippen molar-refractivity contribution in [3.63, 3.8) is 0 Å². The van der Waals surface area contributed by atoms with Gasteiger partial charge >= 0.3 is 0 Å². The lowest BCUT2D eigenvalue weighted by Gasteiger charge is -2.32. The number of hydrogen-bond donors (Lipinski definition) is 1. The Morgan fingerprint density at radius 1 is 1.06 bits per heavy atom. The van der Waals surface area contributed by atoms with Crippen molar-refractivity contribution in [1.29, 1.82) is 0 Å². The SMILES string of the molecule is O=C(c1cc(Cc2n[nH]c(=O)c3ccccc23)ccc1F)N1CCC(OCCN2CCCC2)CC1. The molecule has 1 aromatic heterocycles. The van der Waals surface area contributed by atoms with Crippen LogP contribution in [0.15, 0.2) is 47.3 Å². The van der Waals surface area contributed by atoms with Gasteiger partial charge in [0.25, 0.3) is 11.5 Å². The average Bonchev–Trinajstić information content (AvgIpc) is 3.41. The number of carbonyl (C=O) groups is 1. The fourth-order valence-electron chi connectivity index (χ4n) is 5.10. The third-order valence-electron chi connectivity index (χ3n) is 7.10. The van der Waals surface area contributed by atoms with Gasteiger partial charge in [0.2, 0.25) is 0 Å². The predicted molar refractivity (Wildman–Crippen MR) is 132 cm³/mol. The fourth-order valence-corrected chi connectivity index (χ4v) is 5.10. The number of carbonyl (C=O) groups excluding carboxylic acids is 1. The van der Waals surface area contributed by atoms with Crippen LogP contribution in [0.5, 0.6) is 0 Å². The van der Waals surface area contributed by atoms with E-state index in [-0.39, 0.29) is 23.1 Å². The summed E-state index contributed by atoms with van der Waals surface area (Å²) in [6, 6.07) is 11.9. The molecule has 0 radical (unpaired) electrons. The fraction of sp³-hybridized carbons (Fsp3) is 0.444.